The first-order valence-corrected chi connectivity index (χ1v) is 8.21. The summed E-state index contributed by atoms with van der Waals surface area (Å²) in [6.07, 6.45) is 0.285. The van der Waals surface area contributed by atoms with Crippen molar-refractivity contribution in [2.45, 2.75) is 18.9 Å². The van der Waals surface area contributed by atoms with E-state index in [0.717, 1.165) is 0 Å². The van der Waals surface area contributed by atoms with Gasteiger partial charge in [0.05, 0.1) is 18.4 Å². The molecule has 0 aliphatic carbocycles. The number of hydrogen-bond acceptors (Lipinski definition) is 4. The summed E-state index contributed by atoms with van der Waals surface area (Å²) in [5.41, 5.74) is 1.48. The van der Waals surface area contributed by atoms with E-state index in [9.17, 15) is 14.4 Å². The quantitative estimate of drug-likeness (QED) is 0.767. The number of ether oxygens (including phenoxy) is 1. The Morgan fingerprint density at radius 3 is 2.77 bits per heavy atom. The molecule has 0 radical (unpaired) electrons. The van der Waals surface area contributed by atoms with Gasteiger partial charge in [0.2, 0.25) is 11.8 Å². The molecule has 3 N–H and O–H groups in total. The van der Waals surface area contributed by atoms with Crippen LogP contribution in [0, 0.1) is 0 Å². The highest BCUT2D eigenvalue weighted by atomic mass is 16.5. The van der Waals surface area contributed by atoms with E-state index in [-0.39, 0.29) is 30.6 Å². The number of benzene rings is 2. The third kappa shape index (κ3) is 4.00. The van der Waals surface area contributed by atoms with Crippen molar-refractivity contribution in [3.63, 3.8) is 0 Å². The van der Waals surface area contributed by atoms with E-state index in [4.69, 9.17) is 4.74 Å². The maximum Gasteiger partial charge on any atom is 0.254 e. The summed E-state index contributed by atoms with van der Waals surface area (Å²) >= 11 is 0. The van der Waals surface area contributed by atoms with Gasteiger partial charge < -0.3 is 20.7 Å². The normalized spacial score (nSPS) is 16.0. The van der Waals surface area contributed by atoms with Gasteiger partial charge in [0.25, 0.3) is 5.91 Å². The number of nitrogens with one attached hydrogen (secondary N) is 3. The topological polar surface area (TPSA) is 96.5 Å². The third-order valence-corrected chi connectivity index (χ3v) is 4.06. The molecule has 1 atom stereocenters. The summed E-state index contributed by atoms with van der Waals surface area (Å²) < 4.78 is 5.11. The van der Waals surface area contributed by atoms with Crippen LogP contribution in [0.2, 0.25) is 0 Å². The van der Waals surface area contributed by atoms with E-state index in [2.05, 4.69) is 16.0 Å². The lowest BCUT2D eigenvalue weighted by Crippen LogP contribution is -2.41. The van der Waals surface area contributed by atoms with Gasteiger partial charge in [0.15, 0.2) is 0 Å². The third-order valence-electron chi connectivity index (χ3n) is 4.06. The number of fused-ring (bicyclic) bond motifs is 1. The predicted molar refractivity (Wildman–Crippen MR) is 97.2 cm³/mol. The predicted octanol–water partition coefficient (Wildman–Crippen LogP) is 2.16. The molecule has 134 valence electrons. The molecule has 7 heteroatoms. The molecular weight excluding hydrogens is 334 g/mol. The molecule has 1 aliphatic heterocycles. The molecular formula is C19H19N3O4. The molecule has 26 heavy (non-hydrogen) atoms. The Bertz CT molecular complexity index is 850. The van der Waals surface area contributed by atoms with E-state index in [1.54, 1.807) is 55.6 Å². The first-order chi connectivity index (χ1) is 12.6. The minimum atomic E-state index is -0.772. The number of para-hydroxylation sites is 1. The first kappa shape index (κ1) is 17.5. The van der Waals surface area contributed by atoms with Gasteiger partial charge in [-0.3, -0.25) is 14.4 Å². The lowest BCUT2D eigenvalue weighted by molar-refractivity contribution is -0.118. The molecule has 2 aromatic rings. The van der Waals surface area contributed by atoms with Gasteiger partial charge in [-0.05, 0) is 30.7 Å². The molecule has 0 aromatic heterocycles. The van der Waals surface area contributed by atoms with Crippen molar-refractivity contribution in [1.82, 2.24) is 5.32 Å². The van der Waals surface area contributed by atoms with E-state index in [1.165, 1.54) is 0 Å². The van der Waals surface area contributed by atoms with Crippen LogP contribution in [0.15, 0.2) is 48.5 Å². The second-order valence-corrected chi connectivity index (χ2v) is 5.88. The summed E-state index contributed by atoms with van der Waals surface area (Å²) in [6, 6.07) is 13.0. The van der Waals surface area contributed by atoms with Crippen molar-refractivity contribution in [2.24, 2.45) is 0 Å². The lowest BCUT2D eigenvalue weighted by atomic mass is 10.1. The van der Waals surface area contributed by atoms with Crippen molar-refractivity contribution in [3.05, 3.63) is 54.1 Å². The summed E-state index contributed by atoms with van der Waals surface area (Å²) in [5.74, 6) is -0.285. The number of anilines is 2. The van der Waals surface area contributed by atoms with Gasteiger partial charge in [-0.2, -0.15) is 0 Å². The Balaban J connectivity index is 1.60. The van der Waals surface area contributed by atoms with Crippen LogP contribution in [0.3, 0.4) is 0 Å². The number of rotatable bonds is 5. The average molecular weight is 353 g/mol. The Hall–Kier alpha value is -3.35. The van der Waals surface area contributed by atoms with Crippen LogP contribution in [-0.2, 0) is 9.59 Å². The number of methoxy groups -OCH3 is 1. The number of carbonyl (C=O) groups is 3. The maximum atomic E-state index is 12.3. The zero-order valence-electron chi connectivity index (χ0n) is 14.2. The Morgan fingerprint density at radius 2 is 1.96 bits per heavy atom. The maximum absolute atomic E-state index is 12.3. The Labute approximate surface area is 150 Å². The number of hydrogen-bond donors (Lipinski definition) is 3. The second kappa shape index (κ2) is 7.69. The molecule has 0 saturated carbocycles. The van der Waals surface area contributed by atoms with Gasteiger partial charge in [-0.15, -0.1) is 0 Å². The highest BCUT2D eigenvalue weighted by Crippen LogP contribution is 2.20. The zero-order valence-corrected chi connectivity index (χ0v) is 14.2. The van der Waals surface area contributed by atoms with Crippen molar-refractivity contribution in [2.75, 3.05) is 17.7 Å². The van der Waals surface area contributed by atoms with Crippen LogP contribution < -0.4 is 20.7 Å². The molecule has 2 aromatic carbocycles. The zero-order chi connectivity index (χ0) is 18.5. The molecule has 0 saturated heterocycles. The van der Waals surface area contributed by atoms with Crippen LogP contribution in [0.25, 0.3) is 0 Å². The molecule has 1 heterocycles. The molecule has 3 rings (SSSR count). The van der Waals surface area contributed by atoms with Crippen molar-refractivity contribution in [3.8, 4) is 5.75 Å². The van der Waals surface area contributed by atoms with Gasteiger partial charge in [0.1, 0.15) is 11.8 Å². The second-order valence-electron chi connectivity index (χ2n) is 5.88. The SMILES string of the molecule is COc1cccc(NC(=O)CC[C@@H]2NC(=O)c3ccccc3NC2=O)c1. The fraction of sp³-hybridized carbons (Fsp3) is 0.211. The van der Waals surface area contributed by atoms with Gasteiger partial charge >= 0.3 is 0 Å². The molecule has 0 fully saturated rings. The lowest BCUT2D eigenvalue weighted by Gasteiger charge is -2.14. The highest BCUT2D eigenvalue weighted by Gasteiger charge is 2.27. The largest absolute Gasteiger partial charge is 0.497 e. The fourth-order valence-corrected chi connectivity index (χ4v) is 2.71. The summed E-state index contributed by atoms with van der Waals surface area (Å²) in [6.45, 7) is 0. The Morgan fingerprint density at radius 1 is 1.15 bits per heavy atom. The summed E-state index contributed by atoms with van der Waals surface area (Å²) in [5, 5.41) is 8.14. The fourth-order valence-electron chi connectivity index (χ4n) is 2.71. The van der Waals surface area contributed by atoms with E-state index in [1.807, 2.05) is 0 Å². The van der Waals surface area contributed by atoms with E-state index >= 15 is 0 Å². The van der Waals surface area contributed by atoms with E-state index < -0.39 is 6.04 Å². The minimum Gasteiger partial charge on any atom is -0.497 e. The van der Waals surface area contributed by atoms with Crippen LogP contribution >= 0.6 is 0 Å². The van der Waals surface area contributed by atoms with Crippen LogP contribution in [0.4, 0.5) is 11.4 Å². The monoisotopic (exact) mass is 353 g/mol. The van der Waals surface area contributed by atoms with Crippen LogP contribution in [0.5, 0.6) is 5.75 Å². The first-order valence-electron chi connectivity index (χ1n) is 8.21. The summed E-state index contributed by atoms with van der Waals surface area (Å²) in [4.78, 5) is 36.7. The molecule has 0 bridgehead atoms. The Kier molecular flexibility index (Phi) is 5.17. The standard InChI is InChI=1S/C19H19N3O4/c1-26-13-6-4-5-12(11-13)20-17(23)10-9-16-19(25)21-15-8-3-2-7-14(15)18(24)22-16/h2-8,11,16H,9-10H2,1H3,(H,20,23)(H,21,25)(H,22,24)/t16-/m0/s1. The summed E-state index contributed by atoms with van der Waals surface area (Å²) in [7, 11) is 1.55. The number of amides is 3. The molecule has 1 aliphatic rings. The molecule has 3 amide bonds. The van der Waals surface area contributed by atoms with Crippen LogP contribution in [0.1, 0.15) is 23.2 Å². The van der Waals surface area contributed by atoms with E-state index in [0.29, 0.717) is 22.7 Å². The van der Waals surface area contributed by atoms with Crippen molar-refractivity contribution < 1.29 is 19.1 Å². The van der Waals surface area contributed by atoms with Gasteiger partial charge in [-0.1, -0.05) is 18.2 Å². The minimum absolute atomic E-state index is 0.0892. The van der Waals surface area contributed by atoms with Crippen molar-refractivity contribution >= 4 is 29.1 Å². The molecule has 0 spiro atoms. The highest BCUT2D eigenvalue weighted by molar-refractivity contribution is 6.09. The van der Waals surface area contributed by atoms with Gasteiger partial charge in [0, 0.05) is 18.2 Å². The molecule has 0 unspecified atom stereocenters. The molecule has 7 nitrogen and oxygen atoms in total. The van der Waals surface area contributed by atoms with Crippen molar-refractivity contribution in [1.29, 1.82) is 0 Å². The smallest absolute Gasteiger partial charge is 0.254 e. The number of carbonyl (C=O) groups excluding carboxylic acids is 3. The average Bonchev–Trinajstić information content (AvgIpc) is 2.76. The van der Waals surface area contributed by atoms with Gasteiger partial charge in [-0.25, -0.2) is 0 Å². The van der Waals surface area contributed by atoms with Crippen LogP contribution in [-0.4, -0.2) is 30.9 Å².